The van der Waals surface area contributed by atoms with Gasteiger partial charge in [0.05, 0.1) is 0 Å². The van der Waals surface area contributed by atoms with E-state index in [1.54, 1.807) is 0 Å². The van der Waals surface area contributed by atoms with Crippen LogP contribution in [0.2, 0.25) is 0 Å². The highest BCUT2D eigenvalue weighted by Gasteiger charge is 2.16. The van der Waals surface area contributed by atoms with Crippen molar-refractivity contribution in [2.45, 2.75) is 73.1 Å². The molecule has 0 radical (unpaired) electrons. The first kappa shape index (κ1) is 14.0. The van der Waals surface area contributed by atoms with Crippen LogP contribution in [0.25, 0.3) is 0 Å². The first-order valence-corrected chi connectivity index (χ1v) is 6.61. The van der Waals surface area contributed by atoms with E-state index < -0.39 is 0 Å². The summed E-state index contributed by atoms with van der Waals surface area (Å²) in [5.74, 6) is 2.79. The zero-order chi connectivity index (χ0) is 11.0. The molecule has 0 saturated heterocycles. The van der Waals surface area contributed by atoms with Crippen LogP contribution >= 0.6 is 0 Å². The van der Waals surface area contributed by atoms with Crippen molar-refractivity contribution < 1.29 is 0 Å². The van der Waals surface area contributed by atoms with Crippen molar-refractivity contribution in [3.8, 4) is 0 Å². The number of hydrogen-bond acceptors (Lipinski definition) is 0. The Morgan fingerprint density at radius 3 is 1.93 bits per heavy atom. The summed E-state index contributed by atoms with van der Waals surface area (Å²) in [6.07, 6.45) is 8.44. The Bertz CT molecular complexity index is 115. The summed E-state index contributed by atoms with van der Waals surface area (Å²) in [6.45, 7) is 11.8. The Hall–Kier alpha value is 0. The fraction of sp³-hybridized carbons (Fsp3) is 1.00. The van der Waals surface area contributed by atoms with Gasteiger partial charge in [0.15, 0.2) is 0 Å². The van der Waals surface area contributed by atoms with Crippen LogP contribution in [-0.4, -0.2) is 0 Å². The maximum atomic E-state index is 2.45. The minimum atomic E-state index is 0.867. The maximum absolute atomic E-state index is 2.45. The lowest BCUT2D eigenvalue weighted by molar-refractivity contribution is 0.265. The molecule has 0 saturated carbocycles. The number of hydrogen-bond donors (Lipinski definition) is 0. The Morgan fingerprint density at radius 2 is 1.50 bits per heavy atom. The average molecular weight is 198 g/mol. The van der Waals surface area contributed by atoms with Gasteiger partial charge in [0, 0.05) is 0 Å². The van der Waals surface area contributed by atoms with Crippen LogP contribution in [0.15, 0.2) is 0 Å². The summed E-state index contributed by atoms with van der Waals surface area (Å²) in [5.41, 5.74) is 0. The largest absolute Gasteiger partial charge is 0.0654 e. The quantitative estimate of drug-likeness (QED) is 0.498. The molecular formula is C14H30. The molecule has 0 heteroatoms. The molecule has 0 N–H and O–H groups in total. The second-order valence-corrected chi connectivity index (χ2v) is 5.30. The van der Waals surface area contributed by atoms with Crippen molar-refractivity contribution in [3.05, 3.63) is 0 Å². The molecule has 0 fully saturated rings. The number of unbranched alkanes of at least 4 members (excludes halogenated alkanes) is 1. The molecule has 0 amide bonds. The topological polar surface area (TPSA) is 0 Å². The Kier molecular flexibility index (Phi) is 8.32. The second kappa shape index (κ2) is 8.32. The van der Waals surface area contributed by atoms with E-state index in [9.17, 15) is 0 Å². The van der Waals surface area contributed by atoms with Crippen molar-refractivity contribution in [2.24, 2.45) is 17.8 Å². The molecule has 0 aliphatic rings. The Labute approximate surface area is 91.5 Å². The van der Waals surface area contributed by atoms with Crippen molar-refractivity contribution in [3.63, 3.8) is 0 Å². The molecule has 0 aromatic carbocycles. The van der Waals surface area contributed by atoms with Gasteiger partial charge in [-0.15, -0.1) is 0 Å². The number of rotatable bonds is 8. The van der Waals surface area contributed by atoms with Gasteiger partial charge in [0.25, 0.3) is 0 Å². The summed E-state index contributed by atoms with van der Waals surface area (Å²) < 4.78 is 0. The van der Waals surface area contributed by atoms with Gasteiger partial charge < -0.3 is 0 Å². The van der Waals surface area contributed by atoms with Gasteiger partial charge in [-0.25, -0.2) is 0 Å². The van der Waals surface area contributed by atoms with Crippen molar-refractivity contribution in [2.75, 3.05) is 0 Å². The molecule has 0 bridgehead atoms. The molecule has 2 unspecified atom stereocenters. The molecule has 0 aliphatic carbocycles. The van der Waals surface area contributed by atoms with Crippen molar-refractivity contribution in [1.82, 2.24) is 0 Å². The smallest absolute Gasteiger partial charge is 0.0388 e. The van der Waals surface area contributed by atoms with E-state index in [-0.39, 0.29) is 0 Å². The van der Waals surface area contributed by atoms with E-state index in [2.05, 4.69) is 34.6 Å². The SMILES string of the molecule is CCCCC(CCC)C(C)CC(C)C. The molecule has 0 nitrogen and oxygen atoms in total. The zero-order valence-electron chi connectivity index (χ0n) is 11.0. The fourth-order valence-corrected chi connectivity index (χ4v) is 2.49. The first-order valence-electron chi connectivity index (χ1n) is 6.61. The van der Waals surface area contributed by atoms with Gasteiger partial charge in [-0.2, -0.15) is 0 Å². The summed E-state index contributed by atoms with van der Waals surface area (Å²) in [4.78, 5) is 0. The summed E-state index contributed by atoms with van der Waals surface area (Å²) >= 11 is 0. The van der Waals surface area contributed by atoms with Crippen LogP contribution in [0.3, 0.4) is 0 Å². The molecule has 0 heterocycles. The van der Waals surface area contributed by atoms with Crippen molar-refractivity contribution >= 4 is 0 Å². The highest BCUT2D eigenvalue weighted by molar-refractivity contribution is 4.67. The normalized spacial score (nSPS) is 15.9. The van der Waals surface area contributed by atoms with Gasteiger partial charge in [-0.05, 0) is 24.2 Å². The predicted molar refractivity (Wildman–Crippen MR) is 66.5 cm³/mol. The molecule has 14 heavy (non-hydrogen) atoms. The minimum Gasteiger partial charge on any atom is -0.0654 e. The third-order valence-electron chi connectivity index (χ3n) is 3.24. The third-order valence-corrected chi connectivity index (χ3v) is 3.24. The van der Waals surface area contributed by atoms with Gasteiger partial charge in [-0.1, -0.05) is 66.7 Å². The monoisotopic (exact) mass is 198 g/mol. The van der Waals surface area contributed by atoms with E-state index in [1.807, 2.05) is 0 Å². The lowest BCUT2D eigenvalue weighted by atomic mass is 9.81. The van der Waals surface area contributed by atoms with Crippen LogP contribution in [0.1, 0.15) is 73.1 Å². The van der Waals surface area contributed by atoms with Gasteiger partial charge in [-0.3, -0.25) is 0 Å². The molecule has 2 atom stereocenters. The molecule has 0 spiro atoms. The summed E-state index contributed by atoms with van der Waals surface area (Å²) in [7, 11) is 0. The maximum Gasteiger partial charge on any atom is -0.0388 e. The lowest BCUT2D eigenvalue weighted by Gasteiger charge is -2.25. The van der Waals surface area contributed by atoms with Gasteiger partial charge in [0.2, 0.25) is 0 Å². The van der Waals surface area contributed by atoms with Gasteiger partial charge >= 0.3 is 0 Å². The average Bonchev–Trinajstić information content (AvgIpc) is 2.10. The van der Waals surface area contributed by atoms with E-state index in [1.165, 1.54) is 38.5 Å². The molecule has 86 valence electrons. The molecule has 0 aromatic heterocycles. The molecular weight excluding hydrogens is 168 g/mol. The van der Waals surface area contributed by atoms with E-state index in [0.29, 0.717) is 0 Å². The predicted octanol–water partition coefficient (Wildman–Crippen LogP) is 5.28. The first-order chi connectivity index (χ1) is 6.61. The minimum absolute atomic E-state index is 0.867. The lowest BCUT2D eigenvalue weighted by Crippen LogP contribution is -2.14. The van der Waals surface area contributed by atoms with Crippen LogP contribution in [-0.2, 0) is 0 Å². The second-order valence-electron chi connectivity index (χ2n) is 5.30. The van der Waals surface area contributed by atoms with Gasteiger partial charge in [0.1, 0.15) is 0 Å². The molecule has 0 aromatic rings. The highest BCUT2D eigenvalue weighted by atomic mass is 14.2. The van der Waals surface area contributed by atoms with E-state index in [4.69, 9.17) is 0 Å². The fourth-order valence-electron chi connectivity index (χ4n) is 2.49. The highest BCUT2D eigenvalue weighted by Crippen LogP contribution is 2.28. The van der Waals surface area contributed by atoms with Crippen LogP contribution in [0, 0.1) is 17.8 Å². The molecule has 0 rings (SSSR count). The van der Waals surface area contributed by atoms with E-state index >= 15 is 0 Å². The van der Waals surface area contributed by atoms with E-state index in [0.717, 1.165) is 17.8 Å². The Balaban J connectivity index is 3.89. The molecule has 0 aliphatic heterocycles. The summed E-state index contributed by atoms with van der Waals surface area (Å²) in [6, 6.07) is 0. The van der Waals surface area contributed by atoms with Crippen LogP contribution in [0.5, 0.6) is 0 Å². The Morgan fingerprint density at radius 1 is 0.857 bits per heavy atom. The van der Waals surface area contributed by atoms with Crippen LogP contribution in [0.4, 0.5) is 0 Å². The zero-order valence-corrected chi connectivity index (χ0v) is 11.0. The van der Waals surface area contributed by atoms with Crippen LogP contribution < -0.4 is 0 Å². The van der Waals surface area contributed by atoms with Crippen molar-refractivity contribution in [1.29, 1.82) is 0 Å². The summed E-state index contributed by atoms with van der Waals surface area (Å²) in [5, 5.41) is 0. The third kappa shape index (κ3) is 6.45. The standard InChI is InChI=1S/C14H30/c1-6-8-10-14(9-7-2)13(5)11-12(3)4/h12-14H,6-11H2,1-5H3.